The number of piperidine rings is 1. The summed E-state index contributed by atoms with van der Waals surface area (Å²) in [5, 5.41) is 9.64. The number of carboxylic acid groups (broad SMARTS) is 1. The Kier molecular flexibility index (Phi) is 8.26. The van der Waals surface area contributed by atoms with Gasteiger partial charge in [0.25, 0.3) is 10.1 Å². The Morgan fingerprint density at radius 3 is 2.25 bits per heavy atom. The first-order valence-electron chi connectivity index (χ1n) is 9.74. The molecule has 2 heterocycles. The largest absolute Gasteiger partial charge is 0.480 e. The van der Waals surface area contributed by atoms with Crippen LogP contribution < -0.4 is 0 Å². The second kappa shape index (κ2) is 9.84. The van der Waals surface area contributed by atoms with Crippen LogP contribution in [0.2, 0.25) is 0 Å². The van der Waals surface area contributed by atoms with Crippen LogP contribution in [0.1, 0.15) is 51.4 Å². The highest BCUT2D eigenvalue weighted by Gasteiger charge is 2.54. The maximum atomic E-state index is 13.1. The van der Waals surface area contributed by atoms with E-state index in [-0.39, 0.29) is 32.7 Å². The van der Waals surface area contributed by atoms with Crippen molar-refractivity contribution in [2.45, 2.75) is 56.1 Å². The van der Waals surface area contributed by atoms with Gasteiger partial charge >= 0.3 is 5.97 Å². The summed E-state index contributed by atoms with van der Waals surface area (Å²) < 4.78 is 57.3. The van der Waals surface area contributed by atoms with E-state index in [1.165, 1.54) is 4.31 Å². The number of unbranched alkanes of at least 4 members (excludes halogenated alkanes) is 2. The van der Waals surface area contributed by atoms with Crippen LogP contribution in [0.15, 0.2) is 0 Å². The van der Waals surface area contributed by atoms with Gasteiger partial charge in [-0.2, -0.15) is 8.42 Å². The third-order valence-electron chi connectivity index (χ3n) is 5.65. The summed E-state index contributed by atoms with van der Waals surface area (Å²) >= 11 is 0. The zero-order chi connectivity index (χ0) is 20.8. The first kappa shape index (κ1) is 23.5. The Labute approximate surface area is 167 Å². The number of nitrogens with zero attached hydrogens (tertiary/aromatic N) is 1. The number of carbonyl (C=O) groups is 1. The Hall–Kier alpha value is -0.750. The SMILES string of the molecule is CS(=O)(=O)OCCCCCC1CCN(S(=O)(=O)C2(C(=O)O)CCOCC2)CC1. The Bertz CT molecular complexity index is 720. The molecule has 164 valence electrons. The molecule has 0 aromatic heterocycles. The van der Waals surface area contributed by atoms with Gasteiger partial charge in [0.15, 0.2) is 4.75 Å². The van der Waals surface area contributed by atoms with Crippen LogP contribution in [0, 0.1) is 5.92 Å². The van der Waals surface area contributed by atoms with Crippen LogP contribution in [-0.2, 0) is 33.9 Å². The highest BCUT2D eigenvalue weighted by atomic mass is 32.2. The van der Waals surface area contributed by atoms with Crippen molar-refractivity contribution < 1.29 is 35.7 Å². The molecule has 2 rings (SSSR count). The average Bonchev–Trinajstić information content (AvgIpc) is 2.64. The molecule has 28 heavy (non-hydrogen) atoms. The molecule has 9 nitrogen and oxygen atoms in total. The molecule has 11 heteroatoms. The fraction of sp³-hybridized carbons (Fsp3) is 0.941. The van der Waals surface area contributed by atoms with E-state index in [0.717, 1.165) is 25.5 Å². The quantitative estimate of drug-likeness (QED) is 0.396. The summed E-state index contributed by atoms with van der Waals surface area (Å²) in [6.45, 7) is 1.17. The van der Waals surface area contributed by atoms with E-state index in [4.69, 9.17) is 8.92 Å². The van der Waals surface area contributed by atoms with E-state index in [0.29, 0.717) is 38.3 Å². The molecule has 0 aromatic rings. The summed E-state index contributed by atoms with van der Waals surface area (Å²) in [5.41, 5.74) is 0. The molecule has 2 aliphatic rings. The van der Waals surface area contributed by atoms with Gasteiger partial charge in [-0.05, 0) is 25.2 Å². The van der Waals surface area contributed by atoms with Gasteiger partial charge in [0.1, 0.15) is 0 Å². The first-order valence-corrected chi connectivity index (χ1v) is 13.0. The van der Waals surface area contributed by atoms with Crippen molar-refractivity contribution in [3.63, 3.8) is 0 Å². The van der Waals surface area contributed by atoms with Crippen molar-refractivity contribution in [3.05, 3.63) is 0 Å². The number of ether oxygens (including phenoxy) is 1. The maximum Gasteiger partial charge on any atom is 0.326 e. The Morgan fingerprint density at radius 2 is 1.71 bits per heavy atom. The number of sulfonamides is 1. The molecule has 2 saturated heterocycles. The molecular formula is C17H31NO8S2. The number of aliphatic carboxylic acids is 1. The van der Waals surface area contributed by atoms with E-state index < -0.39 is 30.9 Å². The van der Waals surface area contributed by atoms with Gasteiger partial charge in [-0.1, -0.05) is 19.3 Å². The lowest BCUT2D eigenvalue weighted by Crippen LogP contribution is -2.57. The molecule has 2 aliphatic heterocycles. The molecule has 2 fully saturated rings. The van der Waals surface area contributed by atoms with Gasteiger partial charge in [0.05, 0.1) is 12.9 Å². The summed E-state index contributed by atoms with van der Waals surface area (Å²) in [6.07, 6.45) is 5.84. The molecule has 0 amide bonds. The smallest absolute Gasteiger partial charge is 0.326 e. The van der Waals surface area contributed by atoms with Crippen LogP contribution in [0.25, 0.3) is 0 Å². The predicted molar refractivity (Wildman–Crippen MR) is 103 cm³/mol. The number of rotatable bonds is 10. The number of hydrogen-bond donors (Lipinski definition) is 1. The van der Waals surface area contributed by atoms with Crippen LogP contribution in [-0.4, -0.2) is 76.1 Å². The fourth-order valence-electron chi connectivity index (χ4n) is 3.89. The summed E-state index contributed by atoms with van der Waals surface area (Å²) in [7, 11) is -7.32. The minimum atomic E-state index is -3.94. The van der Waals surface area contributed by atoms with Gasteiger partial charge < -0.3 is 9.84 Å². The lowest BCUT2D eigenvalue weighted by molar-refractivity contribution is -0.142. The third kappa shape index (κ3) is 5.88. The number of hydrogen-bond acceptors (Lipinski definition) is 7. The maximum absolute atomic E-state index is 13.1. The predicted octanol–water partition coefficient (Wildman–Crippen LogP) is 1.20. The van der Waals surface area contributed by atoms with E-state index in [1.54, 1.807) is 0 Å². The molecule has 1 N–H and O–H groups in total. The topological polar surface area (TPSA) is 127 Å². The highest BCUT2D eigenvalue weighted by molar-refractivity contribution is 7.91. The fourth-order valence-corrected chi connectivity index (χ4v) is 6.40. The molecule has 0 saturated carbocycles. The van der Waals surface area contributed by atoms with Crippen molar-refractivity contribution in [1.29, 1.82) is 0 Å². The van der Waals surface area contributed by atoms with Crippen LogP contribution in [0.4, 0.5) is 0 Å². The standard InChI is InChI=1S/C17H31NO8S2/c1-27(21,22)26-12-4-2-3-5-15-6-10-18(11-7-15)28(23,24)17(16(19)20)8-13-25-14-9-17/h15H,2-14H2,1H3,(H,19,20). The summed E-state index contributed by atoms with van der Waals surface area (Å²) in [4.78, 5) is 11.8. The molecule has 0 spiro atoms. The van der Waals surface area contributed by atoms with Crippen LogP contribution in [0.5, 0.6) is 0 Å². The van der Waals surface area contributed by atoms with Crippen LogP contribution >= 0.6 is 0 Å². The van der Waals surface area contributed by atoms with Crippen molar-refractivity contribution in [1.82, 2.24) is 4.31 Å². The van der Waals surface area contributed by atoms with Gasteiger partial charge in [-0.15, -0.1) is 0 Å². The Morgan fingerprint density at radius 1 is 1.11 bits per heavy atom. The van der Waals surface area contributed by atoms with E-state index in [1.807, 2.05) is 0 Å². The monoisotopic (exact) mass is 441 g/mol. The zero-order valence-corrected chi connectivity index (χ0v) is 18.0. The molecular weight excluding hydrogens is 410 g/mol. The van der Waals surface area contributed by atoms with Gasteiger partial charge in [0.2, 0.25) is 10.0 Å². The minimum absolute atomic E-state index is 0.0137. The first-order chi connectivity index (χ1) is 13.1. The van der Waals surface area contributed by atoms with Crippen molar-refractivity contribution in [2.24, 2.45) is 5.92 Å². The van der Waals surface area contributed by atoms with Crippen molar-refractivity contribution >= 4 is 26.1 Å². The van der Waals surface area contributed by atoms with Gasteiger partial charge in [-0.25, -0.2) is 12.7 Å². The molecule has 0 unspecified atom stereocenters. The van der Waals surface area contributed by atoms with Crippen molar-refractivity contribution in [2.75, 3.05) is 39.2 Å². The van der Waals surface area contributed by atoms with E-state index in [9.17, 15) is 26.7 Å². The minimum Gasteiger partial charge on any atom is -0.480 e. The van der Waals surface area contributed by atoms with E-state index in [2.05, 4.69) is 0 Å². The summed E-state index contributed by atoms with van der Waals surface area (Å²) in [5.74, 6) is -0.882. The van der Waals surface area contributed by atoms with Crippen molar-refractivity contribution in [3.8, 4) is 0 Å². The average molecular weight is 442 g/mol. The molecule has 0 atom stereocenters. The third-order valence-corrected chi connectivity index (χ3v) is 8.86. The second-order valence-corrected chi connectivity index (χ2v) is 11.5. The highest BCUT2D eigenvalue weighted by Crippen LogP contribution is 2.35. The lowest BCUT2D eigenvalue weighted by Gasteiger charge is -2.39. The molecule has 0 bridgehead atoms. The zero-order valence-electron chi connectivity index (χ0n) is 16.3. The van der Waals surface area contributed by atoms with E-state index >= 15 is 0 Å². The summed E-state index contributed by atoms with van der Waals surface area (Å²) in [6, 6.07) is 0. The molecule has 0 aromatic carbocycles. The number of carboxylic acids is 1. The normalized spacial score (nSPS) is 22.2. The second-order valence-electron chi connectivity index (χ2n) is 7.63. The lowest BCUT2D eigenvalue weighted by atomic mass is 9.92. The molecule has 0 radical (unpaired) electrons. The van der Waals surface area contributed by atoms with Gasteiger partial charge in [-0.3, -0.25) is 8.98 Å². The van der Waals surface area contributed by atoms with Gasteiger partial charge in [0, 0.05) is 39.1 Å². The Balaban J connectivity index is 1.78. The van der Waals surface area contributed by atoms with Crippen LogP contribution in [0.3, 0.4) is 0 Å². The molecule has 0 aliphatic carbocycles.